The number of nitrogens with two attached hydrogens (primary N) is 1. The van der Waals surface area contributed by atoms with E-state index in [1.807, 2.05) is 0 Å². The van der Waals surface area contributed by atoms with Crippen LogP contribution in [0.1, 0.15) is 18.0 Å². The Balaban J connectivity index is 1.63. The summed E-state index contributed by atoms with van der Waals surface area (Å²) in [5.41, 5.74) is 7.29. The first-order valence-electron chi connectivity index (χ1n) is 10.3. The Morgan fingerprint density at radius 1 is 1.26 bits per heavy atom. The number of hydrogen-bond donors (Lipinski definition) is 3. The number of nitrogens with zero attached hydrogens (tertiary/aromatic N) is 3. The number of carbonyl (C=O) groups excluding carboxylic acids is 1. The molecule has 0 saturated carbocycles. The summed E-state index contributed by atoms with van der Waals surface area (Å²) in [7, 11) is 1.48. The fourth-order valence-electron chi connectivity index (χ4n) is 3.58. The Morgan fingerprint density at radius 3 is 2.85 bits per heavy atom. The van der Waals surface area contributed by atoms with E-state index < -0.39 is 23.6 Å². The van der Waals surface area contributed by atoms with Gasteiger partial charge < -0.3 is 21.1 Å². The maximum Gasteiger partial charge on any atom is 0.247 e. The van der Waals surface area contributed by atoms with Gasteiger partial charge in [-0.3, -0.25) is 9.63 Å². The molecule has 9 nitrogen and oxygen atoms in total. The zero-order valence-corrected chi connectivity index (χ0v) is 18.2. The van der Waals surface area contributed by atoms with Gasteiger partial charge in [0.2, 0.25) is 5.91 Å². The van der Waals surface area contributed by atoms with Crippen molar-refractivity contribution in [3.8, 4) is 5.75 Å². The Labute approximate surface area is 194 Å². The number of amides is 1. The highest BCUT2D eigenvalue weighted by Gasteiger charge is 2.31. The quantitative estimate of drug-likeness (QED) is 0.351. The largest absolute Gasteiger partial charge is 0.494 e. The lowest BCUT2D eigenvalue weighted by atomic mass is 10.0. The van der Waals surface area contributed by atoms with E-state index in [1.54, 1.807) is 18.2 Å². The molecular weight excluding hydrogens is 446 g/mol. The van der Waals surface area contributed by atoms with Crippen LogP contribution in [0.5, 0.6) is 5.75 Å². The predicted octanol–water partition coefficient (Wildman–Crippen LogP) is 4.10. The Morgan fingerprint density at radius 2 is 2.09 bits per heavy atom. The van der Waals surface area contributed by atoms with Gasteiger partial charge in [0, 0.05) is 24.1 Å². The molecule has 0 radical (unpaired) electrons. The van der Waals surface area contributed by atoms with Crippen molar-refractivity contribution in [3.05, 3.63) is 72.6 Å². The number of ether oxygens (including phenoxy) is 1. The van der Waals surface area contributed by atoms with Crippen molar-refractivity contribution in [2.45, 2.75) is 12.5 Å². The molecule has 4 N–H and O–H groups in total. The Bertz CT molecular complexity index is 1240. The number of rotatable bonds is 7. The number of methoxy groups -OCH3 is 1. The molecule has 0 bridgehead atoms. The molecular formula is C23H22F2N6O3. The predicted molar refractivity (Wildman–Crippen MR) is 124 cm³/mol. The highest BCUT2D eigenvalue weighted by molar-refractivity contribution is 6.01. The van der Waals surface area contributed by atoms with Crippen molar-refractivity contribution >= 4 is 34.6 Å². The molecule has 176 valence electrons. The lowest BCUT2D eigenvalue weighted by Crippen LogP contribution is -2.23. The van der Waals surface area contributed by atoms with Gasteiger partial charge in [-0.25, -0.2) is 23.8 Å². The molecule has 2 heterocycles. The van der Waals surface area contributed by atoms with E-state index in [0.29, 0.717) is 47.5 Å². The Hall–Kier alpha value is -4.25. The van der Waals surface area contributed by atoms with E-state index in [-0.39, 0.29) is 5.56 Å². The number of nitrogen functional groups attached to an aromatic ring is 1. The highest BCUT2D eigenvalue weighted by atomic mass is 19.1. The summed E-state index contributed by atoms with van der Waals surface area (Å²) in [6.45, 7) is 3.74. The van der Waals surface area contributed by atoms with Crippen molar-refractivity contribution in [2.24, 2.45) is 0 Å². The van der Waals surface area contributed by atoms with Crippen molar-refractivity contribution in [2.75, 3.05) is 35.1 Å². The van der Waals surface area contributed by atoms with Crippen LogP contribution in [0.15, 0.2) is 55.4 Å². The first-order valence-corrected chi connectivity index (χ1v) is 10.3. The standard InChI is InChI=1S/C23H22F2N6O3/c1-3-23(32)30-17-10-18(20(33-2)9-16(17)26)29-21-11-22(28-12-27-21)31-19(6-7-34-31)14-8-13(24)4-5-15(14)25/h3-5,8-12,19H,1,6-7,26H2,2H3,(H,30,32)(H,27,28,29)/t19-/m1/s1. The van der Waals surface area contributed by atoms with Crippen molar-refractivity contribution in [3.63, 3.8) is 0 Å². The van der Waals surface area contributed by atoms with Crippen molar-refractivity contribution in [1.29, 1.82) is 0 Å². The summed E-state index contributed by atoms with van der Waals surface area (Å²) < 4.78 is 33.5. The van der Waals surface area contributed by atoms with E-state index in [0.717, 1.165) is 24.3 Å². The van der Waals surface area contributed by atoms with Crippen LogP contribution >= 0.6 is 0 Å². The third-order valence-corrected chi connectivity index (χ3v) is 5.18. The van der Waals surface area contributed by atoms with Crippen LogP contribution in [-0.4, -0.2) is 29.6 Å². The fraction of sp³-hybridized carbons (Fsp3) is 0.174. The SMILES string of the molecule is C=CC(=O)Nc1cc(Nc2cc(N3OCC[C@@H]3c3cc(F)ccc3F)ncn2)c(OC)cc1N. The summed E-state index contributed by atoms with van der Waals surface area (Å²) in [6, 6.07) is 7.48. The van der Waals surface area contributed by atoms with E-state index in [9.17, 15) is 13.6 Å². The van der Waals surface area contributed by atoms with Crippen LogP contribution in [0, 0.1) is 11.6 Å². The van der Waals surface area contributed by atoms with Crippen LogP contribution in [-0.2, 0) is 9.63 Å². The molecule has 1 amide bonds. The van der Waals surface area contributed by atoms with Crippen molar-refractivity contribution < 1.29 is 23.1 Å². The summed E-state index contributed by atoms with van der Waals surface area (Å²) >= 11 is 0. The number of benzene rings is 2. The van der Waals surface area contributed by atoms with Gasteiger partial charge in [0.15, 0.2) is 5.82 Å². The zero-order chi connectivity index (χ0) is 24.2. The fourth-order valence-corrected chi connectivity index (χ4v) is 3.58. The number of anilines is 5. The van der Waals surface area contributed by atoms with Crippen LogP contribution in [0.25, 0.3) is 0 Å². The van der Waals surface area contributed by atoms with E-state index in [4.69, 9.17) is 15.3 Å². The van der Waals surface area contributed by atoms with E-state index in [1.165, 1.54) is 18.5 Å². The van der Waals surface area contributed by atoms with Gasteiger partial charge in [-0.05, 0) is 30.3 Å². The first kappa shape index (κ1) is 22.9. The molecule has 11 heteroatoms. The number of carbonyl (C=O) groups is 1. The summed E-state index contributed by atoms with van der Waals surface area (Å²) in [4.78, 5) is 25.8. The van der Waals surface area contributed by atoms with Gasteiger partial charge in [-0.1, -0.05) is 6.58 Å². The van der Waals surface area contributed by atoms with Gasteiger partial charge in [0.1, 0.15) is 29.5 Å². The maximum absolute atomic E-state index is 14.4. The summed E-state index contributed by atoms with van der Waals surface area (Å²) in [5, 5.41) is 7.15. The van der Waals surface area contributed by atoms with E-state index in [2.05, 4.69) is 27.2 Å². The monoisotopic (exact) mass is 468 g/mol. The van der Waals surface area contributed by atoms with Crippen LogP contribution in [0.3, 0.4) is 0 Å². The average molecular weight is 468 g/mol. The molecule has 0 spiro atoms. The third-order valence-electron chi connectivity index (χ3n) is 5.18. The van der Waals surface area contributed by atoms with Gasteiger partial charge in [0.05, 0.1) is 36.8 Å². The summed E-state index contributed by atoms with van der Waals surface area (Å²) in [5.74, 6) is -0.375. The van der Waals surface area contributed by atoms with Gasteiger partial charge in [0.25, 0.3) is 0 Å². The minimum absolute atomic E-state index is 0.174. The molecule has 1 aliphatic rings. The number of hydroxylamine groups is 1. The van der Waals surface area contributed by atoms with Gasteiger partial charge in [-0.2, -0.15) is 0 Å². The lowest BCUT2D eigenvalue weighted by molar-refractivity contribution is -0.111. The topological polar surface area (TPSA) is 115 Å². The first-order chi connectivity index (χ1) is 16.4. The Kier molecular flexibility index (Phi) is 6.55. The average Bonchev–Trinajstić information content (AvgIpc) is 3.32. The second kappa shape index (κ2) is 9.71. The second-order valence-corrected chi connectivity index (χ2v) is 7.35. The number of halogens is 2. The highest BCUT2D eigenvalue weighted by Crippen LogP contribution is 2.38. The van der Waals surface area contributed by atoms with Gasteiger partial charge in [-0.15, -0.1) is 0 Å². The molecule has 1 saturated heterocycles. The number of hydrogen-bond acceptors (Lipinski definition) is 8. The lowest BCUT2D eigenvalue weighted by Gasteiger charge is -2.24. The summed E-state index contributed by atoms with van der Waals surface area (Å²) in [6.07, 6.45) is 2.88. The molecule has 1 aliphatic heterocycles. The molecule has 3 aromatic rings. The van der Waals surface area contributed by atoms with E-state index >= 15 is 0 Å². The smallest absolute Gasteiger partial charge is 0.247 e. The minimum atomic E-state index is -0.565. The van der Waals surface area contributed by atoms with Crippen LogP contribution in [0.4, 0.5) is 37.5 Å². The van der Waals surface area contributed by atoms with Crippen LogP contribution < -0.4 is 26.2 Å². The minimum Gasteiger partial charge on any atom is -0.494 e. The number of aromatic nitrogens is 2. The molecule has 0 unspecified atom stereocenters. The van der Waals surface area contributed by atoms with Gasteiger partial charge >= 0.3 is 0 Å². The molecule has 1 atom stereocenters. The molecule has 34 heavy (non-hydrogen) atoms. The third kappa shape index (κ3) is 4.74. The zero-order valence-electron chi connectivity index (χ0n) is 18.2. The van der Waals surface area contributed by atoms with Crippen molar-refractivity contribution in [1.82, 2.24) is 9.97 Å². The molecule has 1 aromatic heterocycles. The molecule has 4 rings (SSSR count). The molecule has 2 aromatic carbocycles. The second-order valence-electron chi connectivity index (χ2n) is 7.35. The molecule has 1 fully saturated rings. The normalized spacial score (nSPS) is 15.1. The van der Waals surface area contributed by atoms with Crippen LogP contribution in [0.2, 0.25) is 0 Å². The molecule has 0 aliphatic carbocycles. The maximum atomic E-state index is 14.4. The number of nitrogens with one attached hydrogen (secondary N) is 2.